The lowest BCUT2D eigenvalue weighted by atomic mass is 9.88. The monoisotopic (exact) mass is 255 g/mol. The fourth-order valence-electron chi connectivity index (χ4n) is 2.78. The maximum atomic E-state index is 12.0. The summed E-state index contributed by atoms with van der Waals surface area (Å²) in [5, 5.41) is 9.07. The number of aliphatic hydroxyl groups excluding tert-OH is 1. The van der Waals surface area contributed by atoms with Gasteiger partial charge in [0.25, 0.3) is 0 Å². The Labute approximate surface area is 109 Å². The van der Waals surface area contributed by atoms with Crippen LogP contribution in [0.3, 0.4) is 0 Å². The van der Waals surface area contributed by atoms with Gasteiger partial charge in [0.2, 0.25) is 5.91 Å². The number of carbonyl (C=O) groups excluding carboxylic acids is 1. The van der Waals surface area contributed by atoms with Crippen molar-refractivity contribution in [1.29, 1.82) is 0 Å². The SMILES string of the molecule is CCN(C(=O)COC1CCC(CO)CC1)C1CC1. The molecule has 18 heavy (non-hydrogen) atoms. The zero-order valence-electron chi connectivity index (χ0n) is 11.3. The predicted octanol–water partition coefficient (Wildman–Crippen LogP) is 1.56. The molecule has 0 atom stereocenters. The van der Waals surface area contributed by atoms with Crippen LogP contribution in [0.5, 0.6) is 0 Å². The third-order valence-electron chi connectivity index (χ3n) is 4.14. The topological polar surface area (TPSA) is 49.8 Å². The van der Waals surface area contributed by atoms with Gasteiger partial charge in [0.1, 0.15) is 6.61 Å². The first-order valence-corrected chi connectivity index (χ1v) is 7.26. The summed E-state index contributed by atoms with van der Waals surface area (Å²) in [4.78, 5) is 13.9. The summed E-state index contributed by atoms with van der Waals surface area (Å²) < 4.78 is 5.73. The fourth-order valence-corrected chi connectivity index (χ4v) is 2.78. The highest BCUT2D eigenvalue weighted by atomic mass is 16.5. The van der Waals surface area contributed by atoms with Crippen molar-refractivity contribution in [2.45, 2.75) is 57.6 Å². The Kier molecular flexibility index (Phi) is 5.01. The van der Waals surface area contributed by atoms with Gasteiger partial charge in [0.05, 0.1) is 6.10 Å². The molecular weight excluding hydrogens is 230 g/mol. The van der Waals surface area contributed by atoms with Crippen LogP contribution < -0.4 is 0 Å². The van der Waals surface area contributed by atoms with Crippen molar-refractivity contribution in [2.24, 2.45) is 5.92 Å². The van der Waals surface area contributed by atoms with Gasteiger partial charge in [-0.2, -0.15) is 0 Å². The molecule has 4 nitrogen and oxygen atoms in total. The van der Waals surface area contributed by atoms with Crippen LogP contribution in [0.25, 0.3) is 0 Å². The number of amides is 1. The molecule has 2 fully saturated rings. The quantitative estimate of drug-likeness (QED) is 0.783. The van der Waals surface area contributed by atoms with Gasteiger partial charge in [-0.05, 0) is 51.4 Å². The molecule has 2 aliphatic carbocycles. The Hall–Kier alpha value is -0.610. The van der Waals surface area contributed by atoms with E-state index in [1.807, 2.05) is 11.8 Å². The first-order valence-electron chi connectivity index (χ1n) is 7.26. The van der Waals surface area contributed by atoms with Gasteiger partial charge in [-0.25, -0.2) is 0 Å². The molecule has 104 valence electrons. The maximum Gasteiger partial charge on any atom is 0.248 e. The second-order valence-corrected chi connectivity index (χ2v) is 5.55. The summed E-state index contributed by atoms with van der Waals surface area (Å²) in [5.41, 5.74) is 0. The normalized spacial score (nSPS) is 28.1. The lowest BCUT2D eigenvalue weighted by molar-refractivity contribution is -0.139. The minimum atomic E-state index is 0.143. The molecule has 0 aliphatic heterocycles. The van der Waals surface area contributed by atoms with Crippen molar-refractivity contribution >= 4 is 5.91 Å². The third kappa shape index (κ3) is 3.69. The van der Waals surface area contributed by atoms with Crippen LogP contribution in [0.1, 0.15) is 45.4 Å². The third-order valence-corrected chi connectivity index (χ3v) is 4.14. The summed E-state index contributed by atoms with van der Waals surface area (Å²) >= 11 is 0. The molecule has 1 N–H and O–H groups in total. The summed E-state index contributed by atoms with van der Waals surface area (Å²) in [7, 11) is 0. The number of nitrogens with zero attached hydrogens (tertiary/aromatic N) is 1. The Morgan fingerprint density at radius 1 is 1.22 bits per heavy atom. The van der Waals surface area contributed by atoms with Crippen LogP contribution in [0.15, 0.2) is 0 Å². The van der Waals surface area contributed by atoms with Crippen LogP contribution in [0.4, 0.5) is 0 Å². The van der Waals surface area contributed by atoms with Crippen LogP contribution in [-0.4, -0.2) is 47.8 Å². The Bertz CT molecular complexity index is 270. The lowest BCUT2D eigenvalue weighted by Gasteiger charge is -2.28. The van der Waals surface area contributed by atoms with E-state index in [1.54, 1.807) is 0 Å². The van der Waals surface area contributed by atoms with E-state index in [0.29, 0.717) is 12.0 Å². The number of rotatable bonds is 6. The van der Waals surface area contributed by atoms with Crippen LogP contribution >= 0.6 is 0 Å². The second-order valence-electron chi connectivity index (χ2n) is 5.55. The van der Waals surface area contributed by atoms with Gasteiger partial charge in [-0.1, -0.05) is 0 Å². The first kappa shape index (κ1) is 13.8. The minimum absolute atomic E-state index is 0.143. The van der Waals surface area contributed by atoms with E-state index >= 15 is 0 Å². The highest BCUT2D eigenvalue weighted by Crippen LogP contribution is 2.28. The largest absolute Gasteiger partial charge is 0.396 e. The molecule has 0 unspecified atom stereocenters. The van der Waals surface area contributed by atoms with Gasteiger partial charge in [0, 0.05) is 19.2 Å². The first-order chi connectivity index (χ1) is 8.74. The van der Waals surface area contributed by atoms with Gasteiger partial charge in [0.15, 0.2) is 0 Å². The highest BCUT2D eigenvalue weighted by molar-refractivity contribution is 5.78. The molecule has 2 saturated carbocycles. The average Bonchev–Trinajstić information content (AvgIpc) is 3.22. The van der Waals surface area contributed by atoms with Crippen molar-refractivity contribution in [2.75, 3.05) is 19.8 Å². The molecule has 0 aromatic carbocycles. The lowest BCUT2D eigenvalue weighted by Crippen LogP contribution is -2.37. The fraction of sp³-hybridized carbons (Fsp3) is 0.929. The summed E-state index contributed by atoms with van der Waals surface area (Å²) in [5.74, 6) is 0.587. The van der Waals surface area contributed by atoms with Crippen molar-refractivity contribution < 1.29 is 14.6 Å². The minimum Gasteiger partial charge on any atom is -0.396 e. The molecule has 2 aliphatic rings. The van der Waals surface area contributed by atoms with E-state index in [4.69, 9.17) is 9.84 Å². The number of likely N-dealkylation sites (N-methyl/N-ethyl adjacent to an activating group) is 1. The molecule has 0 radical (unpaired) electrons. The second kappa shape index (κ2) is 6.53. The van der Waals surface area contributed by atoms with E-state index in [-0.39, 0.29) is 25.2 Å². The van der Waals surface area contributed by atoms with Crippen molar-refractivity contribution in [3.05, 3.63) is 0 Å². The van der Waals surface area contributed by atoms with E-state index in [2.05, 4.69) is 0 Å². The number of carbonyl (C=O) groups is 1. The maximum absolute atomic E-state index is 12.0. The molecule has 4 heteroatoms. The van der Waals surface area contributed by atoms with Crippen LogP contribution in [0.2, 0.25) is 0 Å². The molecular formula is C14H25NO3. The summed E-state index contributed by atoms with van der Waals surface area (Å²) in [6.07, 6.45) is 6.53. The average molecular weight is 255 g/mol. The van der Waals surface area contributed by atoms with Gasteiger partial charge < -0.3 is 14.7 Å². The predicted molar refractivity (Wildman–Crippen MR) is 69.2 cm³/mol. The van der Waals surface area contributed by atoms with Gasteiger partial charge >= 0.3 is 0 Å². The molecule has 0 spiro atoms. The van der Waals surface area contributed by atoms with Gasteiger partial charge in [-0.3, -0.25) is 4.79 Å². The molecule has 0 heterocycles. The smallest absolute Gasteiger partial charge is 0.248 e. The zero-order chi connectivity index (χ0) is 13.0. The molecule has 0 aromatic rings. The van der Waals surface area contributed by atoms with Crippen molar-refractivity contribution in [3.8, 4) is 0 Å². The molecule has 1 amide bonds. The van der Waals surface area contributed by atoms with Crippen LogP contribution in [0, 0.1) is 5.92 Å². The molecule has 0 aromatic heterocycles. The standard InChI is InChI=1S/C14H25NO3/c1-2-15(12-5-6-12)14(17)10-18-13-7-3-11(9-16)4-8-13/h11-13,16H,2-10H2,1H3. The number of ether oxygens (including phenoxy) is 1. The molecule has 0 bridgehead atoms. The summed E-state index contributed by atoms with van der Waals surface area (Å²) in [6.45, 7) is 3.35. The Balaban J connectivity index is 1.66. The van der Waals surface area contributed by atoms with E-state index in [0.717, 1.165) is 45.1 Å². The number of hydrogen-bond donors (Lipinski definition) is 1. The number of hydrogen-bond acceptors (Lipinski definition) is 3. The van der Waals surface area contributed by atoms with E-state index in [9.17, 15) is 4.79 Å². The van der Waals surface area contributed by atoms with E-state index in [1.165, 1.54) is 0 Å². The Morgan fingerprint density at radius 2 is 1.89 bits per heavy atom. The number of aliphatic hydroxyl groups is 1. The van der Waals surface area contributed by atoms with Gasteiger partial charge in [-0.15, -0.1) is 0 Å². The Morgan fingerprint density at radius 3 is 2.39 bits per heavy atom. The molecule has 0 saturated heterocycles. The highest BCUT2D eigenvalue weighted by Gasteiger charge is 2.31. The molecule has 2 rings (SSSR count). The van der Waals surface area contributed by atoms with Crippen LogP contribution in [-0.2, 0) is 9.53 Å². The van der Waals surface area contributed by atoms with Crippen molar-refractivity contribution in [1.82, 2.24) is 4.90 Å². The van der Waals surface area contributed by atoms with Crippen molar-refractivity contribution in [3.63, 3.8) is 0 Å². The van der Waals surface area contributed by atoms with E-state index < -0.39 is 0 Å². The summed E-state index contributed by atoms with van der Waals surface area (Å²) in [6, 6.07) is 0.483. The zero-order valence-corrected chi connectivity index (χ0v) is 11.3.